The summed E-state index contributed by atoms with van der Waals surface area (Å²) in [5.41, 5.74) is 1.44. The highest BCUT2D eigenvalue weighted by atomic mass is 32.1. The Hall–Kier alpha value is -0.470. The average molecular weight is 263 g/mol. The molecule has 2 heteroatoms. The molecule has 0 aliphatic carbocycles. The van der Waals surface area contributed by atoms with E-state index in [-0.39, 0.29) is 0 Å². The molecule has 1 unspecified atom stereocenters. The molecule has 1 aliphatic rings. The number of nitrogens with zero attached hydrogens (tertiary/aromatic N) is 1. The Labute approximate surface area is 117 Å². The van der Waals surface area contributed by atoms with Crippen LogP contribution in [0.3, 0.4) is 0 Å². The normalized spacial score (nSPS) is 20.1. The molecule has 1 aromatic carbocycles. The van der Waals surface area contributed by atoms with Gasteiger partial charge in [0, 0.05) is 12.5 Å². The number of benzene rings is 1. The maximum atomic E-state index is 4.55. The molecule has 100 valence electrons. The van der Waals surface area contributed by atoms with E-state index in [1.54, 1.807) is 0 Å². The van der Waals surface area contributed by atoms with Gasteiger partial charge in [0.25, 0.3) is 0 Å². The maximum Gasteiger partial charge on any atom is 0.00581 e. The molecule has 1 saturated heterocycles. The highest BCUT2D eigenvalue weighted by molar-refractivity contribution is 7.80. The van der Waals surface area contributed by atoms with Crippen LogP contribution in [-0.4, -0.2) is 30.3 Å². The lowest BCUT2D eigenvalue weighted by Gasteiger charge is -2.28. The summed E-state index contributed by atoms with van der Waals surface area (Å²) in [6.07, 6.45) is 6.99. The standard InChI is InChI=1S/C16H25NS/c18-14-16(15-9-5-4-6-10-15)13-17-11-7-2-1-3-8-12-17/h4-6,9-10,16,18H,1-3,7-8,11-14H2. The third-order valence-electron chi connectivity index (χ3n) is 3.92. The van der Waals surface area contributed by atoms with Crippen molar-refractivity contribution in [2.24, 2.45) is 0 Å². The van der Waals surface area contributed by atoms with Gasteiger partial charge in [-0.2, -0.15) is 12.6 Å². The summed E-state index contributed by atoms with van der Waals surface area (Å²) in [5, 5.41) is 0. The van der Waals surface area contributed by atoms with Gasteiger partial charge in [0.2, 0.25) is 0 Å². The van der Waals surface area contributed by atoms with E-state index < -0.39 is 0 Å². The van der Waals surface area contributed by atoms with Gasteiger partial charge < -0.3 is 4.90 Å². The van der Waals surface area contributed by atoms with E-state index in [4.69, 9.17) is 0 Å². The lowest BCUT2D eigenvalue weighted by Crippen LogP contribution is -2.32. The van der Waals surface area contributed by atoms with Crippen molar-refractivity contribution in [3.8, 4) is 0 Å². The summed E-state index contributed by atoms with van der Waals surface area (Å²) in [6, 6.07) is 10.9. The van der Waals surface area contributed by atoms with Crippen molar-refractivity contribution in [3.05, 3.63) is 35.9 Å². The SMILES string of the molecule is SCC(CN1CCCCCCC1)c1ccccc1. The molecule has 0 saturated carbocycles. The molecule has 1 aliphatic heterocycles. The van der Waals surface area contributed by atoms with E-state index in [1.165, 1.54) is 57.3 Å². The van der Waals surface area contributed by atoms with Gasteiger partial charge >= 0.3 is 0 Å². The van der Waals surface area contributed by atoms with Crippen LogP contribution in [0.25, 0.3) is 0 Å². The molecule has 0 bridgehead atoms. The predicted molar refractivity (Wildman–Crippen MR) is 82.6 cm³/mol. The Bertz CT molecular complexity index is 317. The first-order chi connectivity index (χ1) is 8.90. The second-order valence-electron chi connectivity index (χ2n) is 5.36. The molecular weight excluding hydrogens is 238 g/mol. The zero-order valence-electron chi connectivity index (χ0n) is 11.2. The van der Waals surface area contributed by atoms with Gasteiger partial charge in [0.15, 0.2) is 0 Å². The first kappa shape index (κ1) is 14.0. The van der Waals surface area contributed by atoms with Crippen LogP contribution in [0.4, 0.5) is 0 Å². The second kappa shape index (κ2) is 7.85. The minimum absolute atomic E-state index is 0.578. The average Bonchev–Trinajstić information content (AvgIpc) is 2.39. The van der Waals surface area contributed by atoms with Crippen LogP contribution in [0, 0.1) is 0 Å². The number of thiol groups is 1. The number of hydrogen-bond donors (Lipinski definition) is 1. The molecule has 1 heterocycles. The summed E-state index contributed by atoms with van der Waals surface area (Å²) >= 11 is 4.55. The quantitative estimate of drug-likeness (QED) is 0.805. The fourth-order valence-electron chi connectivity index (χ4n) is 2.80. The number of likely N-dealkylation sites (tertiary alicyclic amines) is 1. The van der Waals surface area contributed by atoms with E-state index in [1.807, 2.05) is 0 Å². The van der Waals surface area contributed by atoms with Crippen LogP contribution in [0.5, 0.6) is 0 Å². The van der Waals surface area contributed by atoms with E-state index in [0.717, 1.165) is 5.75 Å². The lowest BCUT2D eigenvalue weighted by atomic mass is 9.99. The molecule has 2 rings (SSSR count). The molecule has 0 radical (unpaired) electrons. The van der Waals surface area contributed by atoms with Crippen LogP contribution in [0.15, 0.2) is 30.3 Å². The minimum atomic E-state index is 0.578. The molecule has 0 spiro atoms. The first-order valence-electron chi connectivity index (χ1n) is 7.28. The third-order valence-corrected chi connectivity index (χ3v) is 4.36. The highest BCUT2D eigenvalue weighted by Gasteiger charge is 2.15. The molecule has 0 aromatic heterocycles. The molecule has 1 nitrogen and oxygen atoms in total. The molecule has 18 heavy (non-hydrogen) atoms. The molecule has 1 fully saturated rings. The van der Waals surface area contributed by atoms with E-state index in [2.05, 4.69) is 47.9 Å². The molecule has 0 N–H and O–H groups in total. The largest absolute Gasteiger partial charge is 0.303 e. The molecular formula is C16H25NS. The first-order valence-corrected chi connectivity index (χ1v) is 7.91. The van der Waals surface area contributed by atoms with Gasteiger partial charge in [0.05, 0.1) is 0 Å². The van der Waals surface area contributed by atoms with Crippen LogP contribution >= 0.6 is 12.6 Å². The zero-order valence-corrected chi connectivity index (χ0v) is 12.1. The predicted octanol–water partition coefficient (Wildman–Crippen LogP) is 3.97. The summed E-state index contributed by atoms with van der Waals surface area (Å²) in [4.78, 5) is 2.65. The number of rotatable bonds is 4. The highest BCUT2D eigenvalue weighted by Crippen LogP contribution is 2.20. The van der Waals surface area contributed by atoms with Crippen molar-refractivity contribution in [1.82, 2.24) is 4.90 Å². The molecule has 1 aromatic rings. The van der Waals surface area contributed by atoms with E-state index in [9.17, 15) is 0 Å². The molecule has 0 amide bonds. The van der Waals surface area contributed by atoms with Gasteiger partial charge in [-0.15, -0.1) is 0 Å². The smallest absolute Gasteiger partial charge is 0.00581 e. The van der Waals surface area contributed by atoms with Crippen molar-refractivity contribution < 1.29 is 0 Å². The maximum absolute atomic E-state index is 4.55. The van der Waals surface area contributed by atoms with Gasteiger partial charge in [-0.25, -0.2) is 0 Å². The van der Waals surface area contributed by atoms with Crippen molar-refractivity contribution in [2.75, 3.05) is 25.4 Å². The third kappa shape index (κ3) is 4.33. The topological polar surface area (TPSA) is 3.24 Å². The van der Waals surface area contributed by atoms with E-state index >= 15 is 0 Å². The number of hydrogen-bond acceptors (Lipinski definition) is 2. The van der Waals surface area contributed by atoms with Gasteiger partial charge in [-0.3, -0.25) is 0 Å². The zero-order chi connectivity index (χ0) is 12.6. The fraction of sp³-hybridized carbons (Fsp3) is 0.625. The molecule has 1 atom stereocenters. The minimum Gasteiger partial charge on any atom is -0.303 e. The van der Waals surface area contributed by atoms with Gasteiger partial charge in [0.1, 0.15) is 0 Å². The summed E-state index contributed by atoms with van der Waals surface area (Å²) < 4.78 is 0. The van der Waals surface area contributed by atoms with Crippen molar-refractivity contribution >= 4 is 12.6 Å². The Morgan fingerprint density at radius 1 is 0.944 bits per heavy atom. The van der Waals surface area contributed by atoms with Gasteiger partial charge in [-0.1, -0.05) is 49.6 Å². The second-order valence-corrected chi connectivity index (χ2v) is 5.72. The Morgan fingerprint density at radius 2 is 1.56 bits per heavy atom. The summed E-state index contributed by atoms with van der Waals surface area (Å²) in [5.74, 6) is 1.52. The van der Waals surface area contributed by atoms with Crippen LogP contribution in [0.1, 0.15) is 43.6 Å². The summed E-state index contributed by atoms with van der Waals surface area (Å²) in [7, 11) is 0. The fourth-order valence-corrected chi connectivity index (χ4v) is 3.13. The Kier molecular flexibility index (Phi) is 6.09. The lowest BCUT2D eigenvalue weighted by molar-refractivity contribution is 0.238. The Morgan fingerprint density at radius 3 is 2.17 bits per heavy atom. The van der Waals surface area contributed by atoms with Crippen molar-refractivity contribution in [2.45, 2.75) is 38.0 Å². The monoisotopic (exact) mass is 263 g/mol. The van der Waals surface area contributed by atoms with Crippen molar-refractivity contribution in [1.29, 1.82) is 0 Å². The van der Waals surface area contributed by atoms with Crippen LogP contribution in [-0.2, 0) is 0 Å². The van der Waals surface area contributed by atoms with E-state index in [0.29, 0.717) is 5.92 Å². The van der Waals surface area contributed by atoms with Crippen molar-refractivity contribution in [3.63, 3.8) is 0 Å². The van der Waals surface area contributed by atoms with Crippen LogP contribution < -0.4 is 0 Å². The Balaban J connectivity index is 1.92. The van der Waals surface area contributed by atoms with Gasteiger partial charge in [-0.05, 0) is 37.2 Å². The van der Waals surface area contributed by atoms with Crippen LogP contribution in [0.2, 0.25) is 0 Å². The summed E-state index contributed by atoms with van der Waals surface area (Å²) in [6.45, 7) is 3.72.